The number of fused-ring (bicyclic) bond motifs is 1. The number of carbonyl (C=O) groups is 1. The molecule has 0 fully saturated rings. The zero-order valence-corrected chi connectivity index (χ0v) is 15.9. The number of hydrogen-bond acceptors (Lipinski definition) is 3. The number of amides is 1. The van der Waals surface area contributed by atoms with Gasteiger partial charge in [-0.2, -0.15) is 0 Å². The molecular weight excluding hydrogens is 373 g/mol. The Hall–Kier alpha value is -2.30. The standard InChI is InChI=1S/C20H17Cl2NO3/c1-11-7-16-19(12(2)20(11)22)14(9-18(25)26-16)10-23-17(24)8-13-3-5-15(21)6-4-13/h3-7,9H,8,10H2,1-2H3,(H,23,24). The van der Waals surface area contributed by atoms with Crippen LogP contribution in [-0.4, -0.2) is 5.91 Å². The maximum absolute atomic E-state index is 12.2. The Bertz CT molecular complexity index is 1040. The molecule has 0 radical (unpaired) electrons. The molecule has 1 amide bonds. The van der Waals surface area contributed by atoms with Crippen LogP contribution in [0.2, 0.25) is 10.0 Å². The first kappa shape index (κ1) is 18.5. The molecule has 0 bridgehead atoms. The van der Waals surface area contributed by atoms with Gasteiger partial charge in [0.1, 0.15) is 5.58 Å². The Morgan fingerprint density at radius 3 is 2.50 bits per heavy atom. The molecule has 3 aromatic rings. The average molecular weight is 390 g/mol. The van der Waals surface area contributed by atoms with Crippen molar-refractivity contribution >= 4 is 40.1 Å². The van der Waals surface area contributed by atoms with E-state index >= 15 is 0 Å². The lowest BCUT2D eigenvalue weighted by Gasteiger charge is -2.12. The van der Waals surface area contributed by atoms with Crippen molar-refractivity contribution in [2.75, 3.05) is 0 Å². The second-order valence-corrected chi connectivity index (χ2v) is 6.99. The van der Waals surface area contributed by atoms with Crippen LogP contribution in [0, 0.1) is 13.8 Å². The Labute approximate surface area is 160 Å². The van der Waals surface area contributed by atoms with Gasteiger partial charge in [-0.1, -0.05) is 35.3 Å². The van der Waals surface area contributed by atoms with Crippen molar-refractivity contribution in [2.24, 2.45) is 0 Å². The molecule has 1 N–H and O–H groups in total. The van der Waals surface area contributed by atoms with Gasteiger partial charge in [0.15, 0.2) is 0 Å². The van der Waals surface area contributed by atoms with Gasteiger partial charge in [-0.15, -0.1) is 0 Å². The highest BCUT2D eigenvalue weighted by atomic mass is 35.5. The van der Waals surface area contributed by atoms with Crippen LogP contribution in [0.1, 0.15) is 22.3 Å². The van der Waals surface area contributed by atoms with Gasteiger partial charge in [-0.05, 0) is 54.3 Å². The summed E-state index contributed by atoms with van der Waals surface area (Å²) in [5.74, 6) is -0.149. The summed E-state index contributed by atoms with van der Waals surface area (Å²) in [6.07, 6.45) is 0.232. The van der Waals surface area contributed by atoms with Crippen molar-refractivity contribution in [2.45, 2.75) is 26.8 Å². The van der Waals surface area contributed by atoms with E-state index in [2.05, 4.69) is 5.32 Å². The first-order valence-electron chi connectivity index (χ1n) is 8.08. The fourth-order valence-electron chi connectivity index (χ4n) is 2.94. The Morgan fingerprint density at radius 2 is 1.81 bits per heavy atom. The highest BCUT2D eigenvalue weighted by Crippen LogP contribution is 2.30. The smallest absolute Gasteiger partial charge is 0.336 e. The lowest BCUT2D eigenvalue weighted by atomic mass is 10.0. The Kier molecular flexibility index (Phi) is 5.35. The summed E-state index contributed by atoms with van der Waals surface area (Å²) >= 11 is 12.2. The molecule has 134 valence electrons. The largest absolute Gasteiger partial charge is 0.423 e. The van der Waals surface area contributed by atoms with Crippen molar-refractivity contribution in [3.05, 3.63) is 79.1 Å². The minimum atomic E-state index is -0.458. The van der Waals surface area contributed by atoms with Crippen LogP contribution in [-0.2, 0) is 17.8 Å². The highest BCUT2D eigenvalue weighted by Gasteiger charge is 2.14. The van der Waals surface area contributed by atoms with E-state index in [1.54, 1.807) is 30.3 Å². The van der Waals surface area contributed by atoms with Crippen LogP contribution in [0.3, 0.4) is 0 Å². The molecule has 4 nitrogen and oxygen atoms in total. The van der Waals surface area contributed by atoms with E-state index in [9.17, 15) is 9.59 Å². The second-order valence-electron chi connectivity index (χ2n) is 6.18. The Balaban J connectivity index is 1.84. The van der Waals surface area contributed by atoms with Crippen molar-refractivity contribution in [1.29, 1.82) is 0 Å². The first-order valence-corrected chi connectivity index (χ1v) is 8.84. The van der Waals surface area contributed by atoms with E-state index in [1.807, 2.05) is 13.8 Å². The summed E-state index contributed by atoms with van der Waals surface area (Å²) in [4.78, 5) is 24.1. The summed E-state index contributed by atoms with van der Waals surface area (Å²) in [6.45, 7) is 3.95. The third-order valence-corrected chi connectivity index (χ3v) is 5.06. The van der Waals surface area contributed by atoms with Gasteiger partial charge in [0.2, 0.25) is 5.91 Å². The molecule has 0 aliphatic carbocycles. The van der Waals surface area contributed by atoms with Crippen molar-refractivity contribution in [1.82, 2.24) is 5.32 Å². The van der Waals surface area contributed by atoms with Crippen LogP contribution >= 0.6 is 23.2 Å². The molecule has 0 saturated carbocycles. The minimum Gasteiger partial charge on any atom is -0.423 e. The van der Waals surface area contributed by atoms with Crippen molar-refractivity contribution in [3.8, 4) is 0 Å². The molecule has 2 aromatic carbocycles. The first-order chi connectivity index (χ1) is 12.3. The molecule has 0 aliphatic rings. The van der Waals surface area contributed by atoms with E-state index in [0.717, 1.165) is 22.1 Å². The summed E-state index contributed by atoms with van der Waals surface area (Å²) in [7, 11) is 0. The van der Waals surface area contributed by atoms with Crippen LogP contribution in [0.5, 0.6) is 0 Å². The number of nitrogens with one attached hydrogen (secondary N) is 1. The average Bonchev–Trinajstić information content (AvgIpc) is 2.59. The topological polar surface area (TPSA) is 59.3 Å². The third-order valence-electron chi connectivity index (χ3n) is 4.22. The van der Waals surface area contributed by atoms with Crippen LogP contribution in [0.15, 0.2) is 45.6 Å². The quantitative estimate of drug-likeness (QED) is 0.664. The summed E-state index contributed by atoms with van der Waals surface area (Å²) < 4.78 is 5.29. The molecule has 0 aliphatic heterocycles. The fourth-order valence-corrected chi connectivity index (χ4v) is 3.21. The number of benzene rings is 2. The van der Waals surface area contributed by atoms with E-state index < -0.39 is 5.63 Å². The van der Waals surface area contributed by atoms with Crippen LogP contribution in [0.4, 0.5) is 0 Å². The second kappa shape index (κ2) is 7.52. The Morgan fingerprint density at radius 1 is 1.12 bits per heavy atom. The number of carbonyl (C=O) groups excluding carboxylic acids is 1. The monoisotopic (exact) mass is 389 g/mol. The van der Waals surface area contributed by atoms with Crippen molar-refractivity contribution < 1.29 is 9.21 Å². The zero-order valence-electron chi connectivity index (χ0n) is 14.4. The zero-order chi connectivity index (χ0) is 18.8. The number of hydrogen-bond donors (Lipinski definition) is 1. The maximum Gasteiger partial charge on any atom is 0.336 e. The van der Waals surface area contributed by atoms with E-state index in [-0.39, 0.29) is 18.9 Å². The maximum atomic E-state index is 12.2. The molecule has 1 aromatic heterocycles. The molecular formula is C20H17Cl2NO3. The van der Waals surface area contributed by atoms with E-state index in [4.69, 9.17) is 27.6 Å². The molecule has 1 heterocycles. The summed E-state index contributed by atoms with van der Waals surface area (Å²) in [5.41, 5.74) is 3.22. The highest BCUT2D eigenvalue weighted by molar-refractivity contribution is 6.33. The molecule has 0 unspecified atom stereocenters. The lowest BCUT2D eigenvalue weighted by molar-refractivity contribution is -0.120. The van der Waals surface area contributed by atoms with Crippen LogP contribution < -0.4 is 10.9 Å². The number of halogens is 2. The van der Waals surface area contributed by atoms with Gasteiger partial charge in [0.05, 0.1) is 6.42 Å². The molecule has 0 spiro atoms. The predicted molar refractivity (Wildman–Crippen MR) is 104 cm³/mol. The SMILES string of the molecule is Cc1cc2oc(=O)cc(CNC(=O)Cc3ccc(Cl)cc3)c2c(C)c1Cl. The molecule has 6 heteroatoms. The molecule has 0 saturated heterocycles. The molecule has 26 heavy (non-hydrogen) atoms. The van der Waals surface area contributed by atoms with Gasteiger partial charge in [-0.25, -0.2) is 4.79 Å². The minimum absolute atomic E-state index is 0.149. The third kappa shape index (κ3) is 3.92. The van der Waals surface area contributed by atoms with E-state index in [0.29, 0.717) is 21.2 Å². The number of rotatable bonds is 4. The fraction of sp³-hybridized carbons (Fsp3) is 0.200. The lowest BCUT2D eigenvalue weighted by Crippen LogP contribution is -2.25. The molecule has 3 rings (SSSR count). The van der Waals surface area contributed by atoms with Gasteiger partial charge < -0.3 is 9.73 Å². The summed E-state index contributed by atoms with van der Waals surface area (Å²) in [5, 5.41) is 4.85. The predicted octanol–water partition coefficient (Wildman–Crippen LogP) is 4.58. The van der Waals surface area contributed by atoms with Gasteiger partial charge in [-0.3, -0.25) is 4.79 Å². The van der Waals surface area contributed by atoms with Gasteiger partial charge in [0, 0.05) is 28.0 Å². The normalized spacial score (nSPS) is 10.9. The summed E-state index contributed by atoms with van der Waals surface area (Å²) in [6, 6.07) is 10.2. The molecule has 0 atom stereocenters. The van der Waals surface area contributed by atoms with Gasteiger partial charge >= 0.3 is 5.63 Å². The van der Waals surface area contributed by atoms with Gasteiger partial charge in [0.25, 0.3) is 0 Å². The van der Waals surface area contributed by atoms with Crippen molar-refractivity contribution in [3.63, 3.8) is 0 Å². The van der Waals surface area contributed by atoms with Crippen LogP contribution in [0.25, 0.3) is 11.0 Å². The van der Waals surface area contributed by atoms with E-state index in [1.165, 1.54) is 6.07 Å². The number of aryl methyl sites for hydroxylation is 2.